The zero-order chi connectivity index (χ0) is 13.1. The van der Waals surface area contributed by atoms with E-state index >= 15 is 0 Å². The molecule has 0 aromatic rings. The predicted octanol–water partition coefficient (Wildman–Crippen LogP) is 0.970. The number of alkyl halides is 3. The van der Waals surface area contributed by atoms with Crippen molar-refractivity contribution in [2.24, 2.45) is 5.92 Å². The van der Waals surface area contributed by atoms with E-state index in [9.17, 15) is 22.8 Å². The molecule has 0 aliphatic heterocycles. The minimum Gasteiger partial charge on any atom is -0.356 e. The van der Waals surface area contributed by atoms with E-state index < -0.39 is 12.6 Å². The highest BCUT2D eigenvalue weighted by atomic mass is 19.4. The molecule has 0 aromatic heterocycles. The molecule has 1 aliphatic carbocycles. The van der Waals surface area contributed by atoms with Crippen LogP contribution >= 0.6 is 0 Å². The summed E-state index contributed by atoms with van der Waals surface area (Å²) in [5, 5.41) is 4.89. The van der Waals surface area contributed by atoms with E-state index in [2.05, 4.69) is 10.6 Å². The number of rotatable bonds is 4. The van der Waals surface area contributed by atoms with E-state index in [-0.39, 0.29) is 30.3 Å². The van der Waals surface area contributed by atoms with Gasteiger partial charge in [-0.1, -0.05) is 0 Å². The molecule has 0 bridgehead atoms. The quantitative estimate of drug-likeness (QED) is 0.783. The smallest absolute Gasteiger partial charge is 0.356 e. The SMILES string of the molecule is CC(=O)NC1CC(C(=O)NCCC(F)(F)F)C1. The maximum Gasteiger partial charge on any atom is 0.390 e. The topological polar surface area (TPSA) is 58.2 Å². The molecule has 1 aliphatic rings. The monoisotopic (exact) mass is 252 g/mol. The van der Waals surface area contributed by atoms with Gasteiger partial charge >= 0.3 is 6.18 Å². The first-order valence-electron chi connectivity index (χ1n) is 5.39. The number of carbonyl (C=O) groups excluding carboxylic acids is 2. The summed E-state index contributed by atoms with van der Waals surface area (Å²) in [6.45, 7) is 1.00. The number of nitrogens with one attached hydrogen (secondary N) is 2. The number of hydrogen-bond donors (Lipinski definition) is 2. The summed E-state index contributed by atoms with van der Waals surface area (Å²) in [7, 11) is 0. The highest BCUT2D eigenvalue weighted by Gasteiger charge is 2.35. The molecule has 1 saturated carbocycles. The Morgan fingerprint density at radius 1 is 1.29 bits per heavy atom. The van der Waals surface area contributed by atoms with Crippen molar-refractivity contribution in [2.45, 2.75) is 38.4 Å². The van der Waals surface area contributed by atoms with Gasteiger partial charge < -0.3 is 10.6 Å². The highest BCUT2D eigenvalue weighted by molar-refractivity contribution is 5.80. The van der Waals surface area contributed by atoms with Crippen LogP contribution in [0, 0.1) is 5.92 Å². The van der Waals surface area contributed by atoms with Crippen LogP contribution < -0.4 is 10.6 Å². The van der Waals surface area contributed by atoms with Crippen molar-refractivity contribution < 1.29 is 22.8 Å². The zero-order valence-electron chi connectivity index (χ0n) is 9.43. The molecule has 0 heterocycles. The molecular weight excluding hydrogens is 237 g/mol. The summed E-state index contributed by atoms with van der Waals surface area (Å²) in [5.41, 5.74) is 0. The van der Waals surface area contributed by atoms with Crippen LogP contribution in [-0.4, -0.2) is 30.6 Å². The van der Waals surface area contributed by atoms with Crippen molar-refractivity contribution in [2.75, 3.05) is 6.54 Å². The lowest BCUT2D eigenvalue weighted by Gasteiger charge is -2.34. The number of hydrogen-bond acceptors (Lipinski definition) is 2. The standard InChI is InChI=1S/C10H15F3N2O2/c1-6(16)15-8-4-7(5-8)9(17)14-3-2-10(11,12)13/h7-8H,2-5H2,1H3,(H,14,17)(H,15,16). The lowest BCUT2D eigenvalue weighted by atomic mass is 9.79. The molecule has 0 radical (unpaired) electrons. The lowest BCUT2D eigenvalue weighted by molar-refractivity contribution is -0.138. The summed E-state index contributed by atoms with van der Waals surface area (Å²) < 4.78 is 35.4. The summed E-state index contributed by atoms with van der Waals surface area (Å²) in [6, 6.07) is -0.0223. The summed E-state index contributed by atoms with van der Waals surface area (Å²) in [6.07, 6.45) is -4.26. The Bertz CT molecular complexity index is 298. The first-order chi connectivity index (χ1) is 7.78. The fraction of sp³-hybridized carbons (Fsp3) is 0.800. The second-order valence-electron chi connectivity index (χ2n) is 4.22. The van der Waals surface area contributed by atoms with Crippen molar-refractivity contribution in [3.8, 4) is 0 Å². The number of halogens is 3. The van der Waals surface area contributed by atoms with Crippen LogP contribution in [0.4, 0.5) is 13.2 Å². The van der Waals surface area contributed by atoms with Crippen molar-refractivity contribution in [3.63, 3.8) is 0 Å². The van der Waals surface area contributed by atoms with Crippen LogP contribution in [-0.2, 0) is 9.59 Å². The number of amides is 2. The molecule has 4 nitrogen and oxygen atoms in total. The second-order valence-corrected chi connectivity index (χ2v) is 4.22. The fourth-order valence-corrected chi connectivity index (χ4v) is 1.71. The molecule has 0 saturated heterocycles. The molecule has 2 N–H and O–H groups in total. The van der Waals surface area contributed by atoms with Gasteiger partial charge in [0.05, 0.1) is 6.42 Å². The van der Waals surface area contributed by atoms with Gasteiger partial charge in [-0.3, -0.25) is 9.59 Å². The fourth-order valence-electron chi connectivity index (χ4n) is 1.71. The normalized spacial score (nSPS) is 23.8. The average Bonchev–Trinajstić information content (AvgIpc) is 2.07. The largest absolute Gasteiger partial charge is 0.390 e. The molecule has 0 aromatic carbocycles. The molecule has 2 amide bonds. The van der Waals surface area contributed by atoms with Crippen LogP contribution in [0.15, 0.2) is 0 Å². The predicted molar refractivity (Wildman–Crippen MR) is 54.0 cm³/mol. The van der Waals surface area contributed by atoms with Gasteiger partial charge in [-0.25, -0.2) is 0 Å². The van der Waals surface area contributed by atoms with Gasteiger partial charge in [-0.05, 0) is 12.8 Å². The third-order valence-electron chi connectivity index (χ3n) is 2.62. The Morgan fingerprint density at radius 2 is 1.88 bits per heavy atom. The van der Waals surface area contributed by atoms with Gasteiger partial charge in [-0.15, -0.1) is 0 Å². The van der Waals surface area contributed by atoms with Crippen LogP contribution in [0.1, 0.15) is 26.2 Å². The third-order valence-corrected chi connectivity index (χ3v) is 2.62. The van der Waals surface area contributed by atoms with Crippen molar-refractivity contribution in [3.05, 3.63) is 0 Å². The van der Waals surface area contributed by atoms with Crippen molar-refractivity contribution in [1.82, 2.24) is 10.6 Å². The maximum atomic E-state index is 11.8. The van der Waals surface area contributed by atoms with Crippen molar-refractivity contribution in [1.29, 1.82) is 0 Å². The molecule has 17 heavy (non-hydrogen) atoms. The van der Waals surface area contributed by atoms with Crippen LogP contribution in [0.5, 0.6) is 0 Å². The van der Waals surface area contributed by atoms with Gasteiger partial charge in [0, 0.05) is 25.4 Å². The second kappa shape index (κ2) is 5.37. The molecule has 7 heteroatoms. The first kappa shape index (κ1) is 13.8. The lowest BCUT2D eigenvalue weighted by Crippen LogP contribution is -2.49. The van der Waals surface area contributed by atoms with E-state index in [1.54, 1.807) is 0 Å². The first-order valence-corrected chi connectivity index (χ1v) is 5.39. The minimum atomic E-state index is -4.24. The molecule has 0 atom stereocenters. The molecule has 1 fully saturated rings. The van der Waals surface area contributed by atoms with E-state index in [0.29, 0.717) is 12.8 Å². The Hall–Kier alpha value is -1.27. The van der Waals surface area contributed by atoms with Gasteiger partial charge in [-0.2, -0.15) is 13.2 Å². The van der Waals surface area contributed by atoms with E-state index in [4.69, 9.17) is 0 Å². The summed E-state index contributed by atoms with van der Waals surface area (Å²) >= 11 is 0. The Morgan fingerprint density at radius 3 is 2.35 bits per heavy atom. The van der Waals surface area contributed by atoms with E-state index in [1.165, 1.54) is 6.92 Å². The van der Waals surface area contributed by atoms with Crippen LogP contribution in [0.25, 0.3) is 0 Å². The van der Waals surface area contributed by atoms with E-state index in [0.717, 1.165) is 0 Å². The van der Waals surface area contributed by atoms with Crippen LogP contribution in [0.2, 0.25) is 0 Å². The molecule has 0 spiro atoms. The minimum absolute atomic E-state index is 0.0223. The maximum absolute atomic E-state index is 11.8. The molecular formula is C10H15F3N2O2. The molecule has 1 rings (SSSR count). The average molecular weight is 252 g/mol. The number of carbonyl (C=O) groups is 2. The van der Waals surface area contributed by atoms with Gasteiger partial charge in [0.1, 0.15) is 0 Å². The van der Waals surface area contributed by atoms with Crippen molar-refractivity contribution >= 4 is 11.8 Å². The van der Waals surface area contributed by atoms with Gasteiger partial charge in [0.25, 0.3) is 0 Å². The highest BCUT2D eigenvalue weighted by Crippen LogP contribution is 2.27. The summed E-state index contributed by atoms with van der Waals surface area (Å²) in [4.78, 5) is 22.0. The third kappa shape index (κ3) is 5.06. The molecule has 98 valence electrons. The summed E-state index contributed by atoms with van der Waals surface area (Å²) in [5.74, 6) is -0.804. The van der Waals surface area contributed by atoms with E-state index in [1.807, 2.05) is 0 Å². The molecule has 0 unspecified atom stereocenters. The Labute approximate surface area is 96.9 Å². The van der Waals surface area contributed by atoms with Gasteiger partial charge in [0.2, 0.25) is 11.8 Å². The van der Waals surface area contributed by atoms with Crippen LogP contribution in [0.3, 0.4) is 0 Å². The van der Waals surface area contributed by atoms with Gasteiger partial charge in [0.15, 0.2) is 0 Å². The zero-order valence-corrected chi connectivity index (χ0v) is 9.43. The Balaban J connectivity index is 2.13. The Kier molecular flexibility index (Phi) is 4.36.